The zero-order valence-corrected chi connectivity index (χ0v) is 11.7. The van der Waals surface area contributed by atoms with Crippen LogP contribution in [0.25, 0.3) is 0 Å². The Morgan fingerprint density at radius 3 is 1.76 bits per heavy atom. The molecule has 100 valence electrons. The van der Waals surface area contributed by atoms with Gasteiger partial charge in [0.05, 0.1) is 5.41 Å². The number of hydrogen-bond donors (Lipinski definition) is 1. The summed E-state index contributed by atoms with van der Waals surface area (Å²) in [6, 6.07) is 0. The maximum atomic E-state index is 11.5. The summed E-state index contributed by atoms with van der Waals surface area (Å²) in [5.41, 5.74) is -0.725. The lowest BCUT2D eigenvalue weighted by atomic mass is 9.90. The van der Waals surface area contributed by atoms with E-state index in [1.54, 1.807) is 0 Å². The zero-order chi connectivity index (χ0) is 14.3. The fourth-order valence-corrected chi connectivity index (χ4v) is 0.561. The van der Waals surface area contributed by atoms with Crippen LogP contribution in [0.3, 0.4) is 0 Å². The van der Waals surface area contributed by atoms with Crippen molar-refractivity contribution in [3.63, 3.8) is 0 Å². The molecule has 0 heterocycles. The number of esters is 1. The van der Waals surface area contributed by atoms with Gasteiger partial charge in [-0.3, -0.25) is 4.79 Å². The van der Waals surface area contributed by atoms with E-state index in [-0.39, 0.29) is 17.0 Å². The fraction of sp³-hybridized carbons (Fsp3) is 0.692. The lowest BCUT2D eigenvalue weighted by Crippen LogP contribution is -2.33. The van der Waals surface area contributed by atoms with Crippen LogP contribution in [-0.4, -0.2) is 22.6 Å². The summed E-state index contributed by atoms with van der Waals surface area (Å²) in [6.45, 7) is 14.4. The van der Waals surface area contributed by atoms with Crippen LogP contribution in [0.15, 0.2) is 12.7 Å². The van der Waals surface area contributed by atoms with Crippen molar-refractivity contribution in [2.75, 3.05) is 0 Å². The summed E-state index contributed by atoms with van der Waals surface area (Å²) in [7, 11) is 0. The van der Waals surface area contributed by atoms with Gasteiger partial charge in [0.2, 0.25) is 0 Å². The third-order valence-electron chi connectivity index (χ3n) is 2.01. The first-order valence-electron chi connectivity index (χ1n) is 5.55. The normalized spacial score (nSPS) is 10.9. The molecule has 0 amide bonds. The molecule has 0 fully saturated rings. The Morgan fingerprint density at radius 2 is 1.59 bits per heavy atom. The SMILES string of the molecule is C=CC(=O)O.CCC(C)(C)C(=O)OC(C)(C)C. The first-order chi connectivity index (χ1) is 7.46. The molecular formula is C13H24O4. The minimum atomic E-state index is -0.981. The number of carbonyl (C=O) groups is 2. The van der Waals surface area contributed by atoms with E-state index in [9.17, 15) is 9.59 Å². The highest BCUT2D eigenvalue weighted by molar-refractivity contribution is 5.78. The predicted octanol–water partition coefficient (Wildman–Crippen LogP) is 3.02. The maximum Gasteiger partial charge on any atom is 0.327 e. The molecule has 4 nitrogen and oxygen atoms in total. The topological polar surface area (TPSA) is 63.6 Å². The molecule has 0 spiro atoms. The third kappa shape index (κ3) is 11.0. The van der Waals surface area contributed by atoms with Gasteiger partial charge in [-0.05, 0) is 41.0 Å². The summed E-state index contributed by atoms with van der Waals surface area (Å²) in [5.74, 6) is -1.09. The largest absolute Gasteiger partial charge is 0.478 e. The van der Waals surface area contributed by atoms with Gasteiger partial charge in [-0.25, -0.2) is 4.79 Å². The first kappa shape index (κ1) is 18.1. The lowest BCUT2D eigenvalue weighted by molar-refractivity contribution is -0.165. The van der Waals surface area contributed by atoms with Crippen LogP contribution in [0.5, 0.6) is 0 Å². The molecule has 0 atom stereocenters. The molecule has 0 unspecified atom stereocenters. The number of carboxylic acids is 1. The van der Waals surface area contributed by atoms with Gasteiger partial charge in [0.25, 0.3) is 0 Å². The summed E-state index contributed by atoms with van der Waals surface area (Å²) in [4.78, 5) is 20.7. The molecule has 0 aliphatic heterocycles. The van der Waals surface area contributed by atoms with Gasteiger partial charge in [-0.15, -0.1) is 0 Å². The van der Waals surface area contributed by atoms with Crippen LogP contribution in [0.1, 0.15) is 48.0 Å². The Bertz CT molecular complexity index is 272. The van der Waals surface area contributed by atoms with Crippen molar-refractivity contribution in [2.24, 2.45) is 5.41 Å². The molecule has 0 aromatic heterocycles. The van der Waals surface area contributed by atoms with E-state index in [0.717, 1.165) is 12.5 Å². The number of rotatable bonds is 3. The second-order valence-corrected chi connectivity index (χ2v) is 5.28. The monoisotopic (exact) mass is 244 g/mol. The van der Waals surface area contributed by atoms with Gasteiger partial charge in [0, 0.05) is 6.08 Å². The van der Waals surface area contributed by atoms with Crippen molar-refractivity contribution in [3.05, 3.63) is 12.7 Å². The summed E-state index contributed by atoms with van der Waals surface area (Å²) >= 11 is 0. The maximum absolute atomic E-state index is 11.5. The number of carboxylic acid groups (broad SMARTS) is 1. The Hall–Kier alpha value is -1.32. The highest BCUT2D eigenvalue weighted by Crippen LogP contribution is 2.24. The first-order valence-corrected chi connectivity index (χ1v) is 5.55. The average molecular weight is 244 g/mol. The second-order valence-electron chi connectivity index (χ2n) is 5.28. The molecule has 0 saturated heterocycles. The van der Waals surface area contributed by atoms with Crippen molar-refractivity contribution < 1.29 is 19.4 Å². The Kier molecular flexibility index (Phi) is 7.53. The highest BCUT2D eigenvalue weighted by Gasteiger charge is 2.30. The minimum absolute atomic E-state index is 0.113. The fourth-order valence-electron chi connectivity index (χ4n) is 0.561. The molecular weight excluding hydrogens is 220 g/mol. The van der Waals surface area contributed by atoms with Crippen LogP contribution in [-0.2, 0) is 14.3 Å². The van der Waals surface area contributed by atoms with E-state index >= 15 is 0 Å². The molecule has 17 heavy (non-hydrogen) atoms. The van der Waals surface area contributed by atoms with Gasteiger partial charge in [-0.1, -0.05) is 13.5 Å². The molecule has 0 rings (SSSR count). The Morgan fingerprint density at radius 1 is 1.24 bits per heavy atom. The van der Waals surface area contributed by atoms with Gasteiger partial charge in [0.1, 0.15) is 5.60 Å². The molecule has 0 saturated carbocycles. The van der Waals surface area contributed by atoms with Crippen molar-refractivity contribution in [2.45, 2.75) is 53.6 Å². The van der Waals surface area contributed by atoms with Gasteiger partial charge >= 0.3 is 11.9 Å². The molecule has 0 bridgehead atoms. The average Bonchev–Trinajstić information content (AvgIpc) is 2.16. The van der Waals surface area contributed by atoms with Crippen LogP contribution < -0.4 is 0 Å². The Balaban J connectivity index is 0. The van der Waals surface area contributed by atoms with E-state index in [1.807, 2.05) is 41.5 Å². The van der Waals surface area contributed by atoms with Gasteiger partial charge in [0.15, 0.2) is 0 Å². The van der Waals surface area contributed by atoms with Crippen molar-refractivity contribution in [1.29, 1.82) is 0 Å². The van der Waals surface area contributed by atoms with Crippen LogP contribution >= 0.6 is 0 Å². The Labute approximate surface area is 104 Å². The quantitative estimate of drug-likeness (QED) is 0.612. The van der Waals surface area contributed by atoms with E-state index in [4.69, 9.17) is 9.84 Å². The summed E-state index contributed by atoms with van der Waals surface area (Å²) in [5, 5.41) is 7.60. The molecule has 0 aromatic carbocycles. The standard InChI is InChI=1S/C10H20O2.C3H4O2/c1-7-10(5,6)8(11)12-9(2,3)4;1-2-3(4)5/h7H2,1-6H3;2H,1H2,(H,4,5). The van der Waals surface area contributed by atoms with Gasteiger partial charge in [-0.2, -0.15) is 0 Å². The van der Waals surface area contributed by atoms with Crippen LogP contribution in [0.4, 0.5) is 0 Å². The van der Waals surface area contributed by atoms with Crippen molar-refractivity contribution in [1.82, 2.24) is 0 Å². The zero-order valence-electron chi connectivity index (χ0n) is 11.7. The molecule has 0 aromatic rings. The number of ether oxygens (including phenoxy) is 1. The highest BCUT2D eigenvalue weighted by atomic mass is 16.6. The number of carbonyl (C=O) groups excluding carboxylic acids is 1. The number of hydrogen-bond acceptors (Lipinski definition) is 3. The van der Waals surface area contributed by atoms with Crippen LogP contribution in [0.2, 0.25) is 0 Å². The van der Waals surface area contributed by atoms with E-state index in [0.29, 0.717) is 0 Å². The minimum Gasteiger partial charge on any atom is -0.478 e. The van der Waals surface area contributed by atoms with Crippen molar-refractivity contribution in [3.8, 4) is 0 Å². The summed E-state index contributed by atoms with van der Waals surface area (Å²) in [6.07, 6.45) is 1.64. The number of aliphatic carboxylic acids is 1. The van der Waals surface area contributed by atoms with E-state index in [1.165, 1.54) is 0 Å². The summed E-state index contributed by atoms with van der Waals surface area (Å²) < 4.78 is 5.25. The van der Waals surface area contributed by atoms with E-state index < -0.39 is 5.97 Å². The predicted molar refractivity (Wildman–Crippen MR) is 67.7 cm³/mol. The molecule has 0 aliphatic carbocycles. The molecule has 4 heteroatoms. The third-order valence-corrected chi connectivity index (χ3v) is 2.01. The van der Waals surface area contributed by atoms with Crippen molar-refractivity contribution >= 4 is 11.9 Å². The smallest absolute Gasteiger partial charge is 0.327 e. The second kappa shape index (κ2) is 7.09. The molecule has 0 radical (unpaired) electrons. The molecule has 0 aliphatic rings. The van der Waals surface area contributed by atoms with E-state index in [2.05, 4.69) is 6.58 Å². The lowest BCUT2D eigenvalue weighted by Gasteiger charge is -2.27. The molecule has 1 N–H and O–H groups in total. The van der Waals surface area contributed by atoms with Crippen LogP contribution in [0, 0.1) is 5.41 Å². The van der Waals surface area contributed by atoms with Gasteiger partial charge < -0.3 is 9.84 Å².